The molecule has 4 nitrogen and oxygen atoms in total. The molecule has 1 aromatic heterocycles. The molecule has 3 heterocycles. The van der Waals surface area contributed by atoms with Gasteiger partial charge in [0.25, 0.3) is 0 Å². The summed E-state index contributed by atoms with van der Waals surface area (Å²) in [4.78, 5) is 5.75. The normalized spacial score (nSPS) is 27.9. The van der Waals surface area contributed by atoms with E-state index < -0.39 is 0 Å². The first kappa shape index (κ1) is 13.3. The fourth-order valence-electron chi connectivity index (χ4n) is 3.28. The van der Waals surface area contributed by atoms with Gasteiger partial charge in [-0.05, 0) is 37.5 Å². The van der Waals surface area contributed by atoms with Crippen LogP contribution in [0.15, 0.2) is 6.20 Å². The van der Waals surface area contributed by atoms with Crippen molar-refractivity contribution in [2.75, 3.05) is 19.7 Å². The number of imidazole rings is 1. The third-order valence-corrected chi connectivity index (χ3v) is 4.68. The quantitative estimate of drug-likeness (QED) is 0.864. The molecule has 0 aliphatic carbocycles. The second-order valence-corrected chi connectivity index (χ2v) is 6.42. The number of nitrogens with zero attached hydrogens (tertiary/aromatic N) is 2. The highest BCUT2D eigenvalue weighted by Gasteiger charge is 2.32. The van der Waals surface area contributed by atoms with Crippen LogP contribution in [0.2, 0.25) is 0 Å². The summed E-state index contributed by atoms with van der Waals surface area (Å²) in [6.07, 6.45) is 4.93. The van der Waals surface area contributed by atoms with Gasteiger partial charge in [-0.3, -0.25) is 4.90 Å². The summed E-state index contributed by atoms with van der Waals surface area (Å²) in [6, 6.07) is 0.667. The van der Waals surface area contributed by atoms with Crippen molar-refractivity contribution >= 4 is 12.2 Å². The Balaban J connectivity index is 1.71. The zero-order valence-electron chi connectivity index (χ0n) is 11.8. The minimum absolute atomic E-state index is 0.273. The molecule has 0 spiro atoms. The van der Waals surface area contributed by atoms with Crippen molar-refractivity contribution in [3.05, 3.63) is 16.7 Å². The van der Waals surface area contributed by atoms with Crippen LogP contribution in [-0.4, -0.2) is 46.3 Å². The van der Waals surface area contributed by atoms with Crippen LogP contribution >= 0.6 is 12.2 Å². The molecule has 0 aromatic carbocycles. The van der Waals surface area contributed by atoms with E-state index in [4.69, 9.17) is 17.0 Å². The molecule has 2 aliphatic heterocycles. The van der Waals surface area contributed by atoms with E-state index in [9.17, 15) is 0 Å². The number of H-pyrrole nitrogens is 1. The van der Waals surface area contributed by atoms with Crippen molar-refractivity contribution in [1.29, 1.82) is 0 Å². The van der Waals surface area contributed by atoms with E-state index >= 15 is 0 Å². The van der Waals surface area contributed by atoms with Crippen LogP contribution in [0.5, 0.6) is 0 Å². The molecular formula is C14H23N3OS. The lowest BCUT2D eigenvalue weighted by atomic mass is 10.1. The Morgan fingerprint density at radius 1 is 1.53 bits per heavy atom. The first-order valence-electron chi connectivity index (χ1n) is 7.29. The molecule has 0 bridgehead atoms. The second kappa shape index (κ2) is 5.38. The lowest BCUT2D eigenvalue weighted by Gasteiger charge is -2.35. The van der Waals surface area contributed by atoms with Gasteiger partial charge in [0, 0.05) is 24.5 Å². The van der Waals surface area contributed by atoms with Crippen molar-refractivity contribution in [2.45, 2.75) is 51.3 Å². The molecule has 2 aliphatic rings. The predicted molar refractivity (Wildman–Crippen MR) is 78.0 cm³/mol. The second-order valence-electron chi connectivity index (χ2n) is 6.03. The smallest absolute Gasteiger partial charge is 0.177 e. The van der Waals surface area contributed by atoms with Gasteiger partial charge < -0.3 is 14.3 Å². The van der Waals surface area contributed by atoms with Crippen molar-refractivity contribution < 1.29 is 4.74 Å². The number of morpholine rings is 1. The maximum Gasteiger partial charge on any atom is 0.177 e. The summed E-state index contributed by atoms with van der Waals surface area (Å²) < 4.78 is 9.06. The molecule has 2 saturated heterocycles. The van der Waals surface area contributed by atoms with Crippen molar-refractivity contribution in [3.63, 3.8) is 0 Å². The van der Waals surface area contributed by atoms with E-state index in [0.29, 0.717) is 12.0 Å². The molecule has 2 unspecified atom stereocenters. The molecule has 3 rings (SSSR count). The molecule has 5 heteroatoms. The topological polar surface area (TPSA) is 33.2 Å². The largest absolute Gasteiger partial charge is 0.373 e. The van der Waals surface area contributed by atoms with Gasteiger partial charge in [-0.15, -0.1) is 0 Å². The maximum absolute atomic E-state index is 6.03. The molecule has 0 saturated carbocycles. The van der Waals surface area contributed by atoms with Gasteiger partial charge in [0.05, 0.1) is 19.3 Å². The number of ether oxygens (including phenoxy) is 1. The van der Waals surface area contributed by atoms with E-state index in [-0.39, 0.29) is 6.10 Å². The van der Waals surface area contributed by atoms with E-state index in [0.717, 1.165) is 24.5 Å². The summed E-state index contributed by atoms with van der Waals surface area (Å²) in [7, 11) is 0. The third-order valence-electron chi connectivity index (χ3n) is 4.34. The van der Waals surface area contributed by atoms with Crippen LogP contribution in [0.25, 0.3) is 0 Å². The van der Waals surface area contributed by atoms with Gasteiger partial charge in [-0.1, -0.05) is 13.8 Å². The Kier molecular flexibility index (Phi) is 3.78. The Bertz CT molecular complexity index is 493. The van der Waals surface area contributed by atoms with E-state index in [1.165, 1.54) is 25.1 Å². The highest BCUT2D eigenvalue weighted by atomic mass is 32.1. The molecule has 0 amide bonds. The summed E-state index contributed by atoms with van der Waals surface area (Å²) in [5.41, 5.74) is 1.28. The van der Waals surface area contributed by atoms with Gasteiger partial charge >= 0.3 is 0 Å². The van der Waals surface area contributed by atoms with E-state index in [2.05, 4.69) is 28.3 Å². The predicted octanol–water partition coefficient (Wildman–Crippen LogP) is 2.53. The van der Waals surface area contributed by atoms with Crippen LogP contribution in [-0.2, 0) is 11.3 Å². The Labute approximate surface area is 119 Å². The van der Waals surface area contributed by atoms with Crippen LogP contribution in [0, 0.1) is 4.77 Å². The lowest BCUT2D eigenvalue weighted by molar-refractivity contribution is -0.0556. The highest BCUT2D eigenvalue weighted by molar-refractivity contribution is 7.71. The molecule has 106 valence electrons. The van der Waals surface area contributed by atoms with Crippen LogP contribution in [0.1, 0.15) is 38.3 Å². The molecule has 1 aromatic rings. The maximum atomic E-state index is 6.03. The zero-order valence-corrected chi connectivity index (χ0v) is 12.6. The number of hydrogen-bond donors (Lipinski definition) is 1. The number of rotatable bonds is 3. The minimum Gasteiger partial charge on any atom is -0.373 e. The Hall–Kier alpha value is -0.650. The standard InChI is InChI=1S/C14H23N3OS/c1-10(2)13-6-15-14(19)17(13)8-12-7-16-5-3-4-11(16)9-18-12/h6,10-12H,3-5,7-9H2,1-2H3,(H,15,19). The van der Waals surface area contributed by atoms with Gasteiger partial charge in [0.2, 0.25) is 0 Å². The Morgan fingerprint density at radius 3 is 3.16 bits per heavy atom. The lowest BCUT2D eigenvalue weighted by Crippen LogP contribution is -2.47. The number of aromatic nitrogens is 2. The van der Waals surface area contributed by atoms with E-state index in [1.807, 2.05) is 6.20 Å². The first-order valence-corrected chi connectivity index (χ1v) is 7.69. The fourth-order valence-corrected chi connectivity index (χ4v) is 3.51. The van der Waals surface area contributed by atoms with Crippen LogP contribution in [0.4, 0.5) is 0 Å². The average Bonchev–Trinajstić information content (AvgIpc) is 2.97. The van der Waals surface area contributed by atoms with Crippen LogP contribution < -0.4 is 0 Å². The number of aromatic amines is 1. The molecule has 2 fully saturated rings. The SMILES string of the molecule is CC(C)c1c[nH]c(=S)n1CC1CN2CCCC2CO1. The molecule has 1 N–H and O–H groups in total. The van der Waals surface area contributed by atoms with Gasteiger partial charge in [0.1, 0.15) is 0 Å². The van der Waals surface area contributed by atoms with Crippen molar-refractivity contribution in [2.24, 2.45) is 0 Å². The fraction of sp³-hybridized carbons (Fsp3) is 0.786. The Morgan fingerprint density at radius 2 is 2.37 bits per heavy atom. The molecule has 19 heavy (non-hydrogen) atoms. The zero-order chi connectivity index (χ0) is 13.4. The summed E-state index contributed by atoms with van der Waals surface area (Å²) in [5.74, 6) is 0.482. The molecular weight excluding hydrogens is 258 g/mol. The van der Waals surface area contributed by atoms with Crippen molar-refractivity contribution in [3.8, 4) is 0 Å². The monoisotopic (exact) mass is 281 g/mol. The minimum atomic E-state index is 0.273. The first-order chi connectivity index (χ1) is 9.15. The average molecular weight is 281 g/mol. The third kappa shape index (κ3) is 2.64. The molecule has 2 atom stereocenters. The van der Waals surface area contributed by atoms with Gasteiger partial charge in [0.15, 0.2) is 4.77 Å². The van der Waals surface area contributed by atoms with E-state index in [1.54, 1.807) is 0 Å². The summed E-state index contributed by atoms with van der Waals surface area (Å²) >= 11 is 5.39. The van der Waals surface area contributed by atoms with Gasteiger partial charge in [-0.25, -0.2) is 0 Å². The van der Waals surface area contributed by atoms with Crippen LogP contribution in [0.3, 0.4) is 0 Å². The number of fused-ring (bicyclic) bond motifs is 1. The summed E-state index contributed by atoms with van der Waals surface area (Å²) in [5, 5.41) is 0. The summed E-state index contributed by atoms with van der Waals surface area (Å²) in [6.45, 7) is 8.45. The molecule has 0 radical (unpaired) electrons. The highest BCUT2D eigenvalue weighted by Crippen LogP contribution is 2.24. The number of hydrogen-bond acceptors (Lipinski definition) is 3. The van der Waals surface area contributed by atoms with Crippen molar-refractivity contribution in [1.82, 2.24) is 14.5 Å². The van der Waals surface area contributed by atoms with Gasteiger partial charge in [-0.2, -0.15) is 0 Å². The number of nitrogens with one attached hydrogen (secondary N) is 1.